The predicted octanol–water partition coefficient (Wildman–Crippen LogP) is -0.0897. The van der Waals surface area contributed by atoms with Crippen molar-refractivity contribution >= 4 is 23.8 Å². The van der Waals surface area contributed by atoms with Crippen molar-refractivity contribution in [3.8, 4) is 69.6 Å². The van der Waals surface area contributed by atoms with Crippen LogP contribution in [0.25, 0.3) is 22.3 Å². The minimum absolute atomic E-state index is 0.0242. The van der Waals surface area contributed by atoms with E-state index in [9.17, 15) is 0 Å². The number of nitrogens with zero attached hydrogens (tertiary/aromatic N) is 4. The standard InChI is InChI=1S/C35H36N12/c36-32(37)44-13-2-1-7-24-17-25(8-4-14-45-33(38)39)20-30(19-24)28-11-3-12-29(23-28)31-21-26(9-5-15-46-34(40)41)18-27(22-31)10-6-16-47-35(42)43/h3,11-12,17-23H,2,13-16H2,(H4,36,37,44)(H4,38,39,45)(H4,40,41,46)(H4,42,43,47). The number of nitrogens with two attached hydrogens (primary N) is 8. The molecule has 0 aromatic heterocycles. The summed E-state index contributed by atoms with van der Waals surface area (Å²) in [7, 11) is 0. The van der Waals surface area contributed by atoms with Crippen LogP contribution in [0.1, 0.15) is 28.7 Å². The molecule has 0 aliphatic rings. The number of benzene rings is 3. The highest BCUT2D eigenvalue weighted by atomic mass is 15.0. The summed E-state index contributed by atoms with van der Waals surface area (Å²) in [4.78, 5) is 15.8. The minimum atomic E-state index is -0.0277. The second kappa shape index (κ2) is 17.9. The summed E-state index contributed by atoms with van der Waals surface area (Å²) in [6.45, 7) is 0.904. The van der Waals surface area contributed by atoms with E-state index in [1.165, 1.54) is 0 Å². The quantitative estimate of drug-likeness (QED) is 0.0760. The molecule has 0 saturated carbocycles. The molecule has 0 atom stereocenters. The van der Waals surface area contributed by atoms with Crippen molar-refractivity contribution in [2.24, 2.45) is 65.8 Å². The van der Waals surface area contributed by atoms with Gasteiger partial charge < -0.3 is 45.9 Å². The zero-order valence-corrected chi connectivity index (χ0v) is 25.7. The molecule has 0 radical (unpaired) electrons. The number of hydrogen-bond acceptors (Lipinski definition) is 4. The fraction of sp³-hybridized carbons (Fsp3) is 0.143. The van der Waals surface area contributed by atoms with Gasteiger partial charge >= 0.3 is 0 Å². The first kappa shape index (κ1) is 34.5. The first-order valence-corrected chi connectivity index (χ1v) is 14.2. The number of guanidine groups is 4. The zero-order valence-electron chi connectivity index (χ0n) is 25.7. The van der Waals surface area contributed by atoms with Crippen LogP contribution in [0.15, 0.2) is 80.6 Å². The van der Waals surface area contributed by atoms with Crippen LogP contribution in [0.2, 0.25) is 0 Å². The van der Waals surface area contributed by atoms with Gasteiger partial charge in [-0.2, -0.15) is 0 Å². The monoisotopic (exact) mass is 624 g/mol. The van der Waals surface area contributed by atoms with Crippen molar-refractivity contribution in [2.45, 2.75) is 6.42 Å². The van der Waals surface area contributed by atoms with E-state index < -0.39 is 0 Å². The van der Waals surface area contributed by atoms with Gasteiger partial charge in [0.2, 0.25) is 0 Å². The first-order chi connectivity index (χ1) is 22.6. The zero-order chi connectivity index (χ0) is 34.0. The van der Waals surface area contributed by atoms with Crippen molar-refractivity contribution in [3.05, 3.63) is 82.9 Å². The Morgan fingerprint density at radius 3 is 1.15 bits per heavy atom. The van der Waals surface area contributed by atoms with E-state index in [-0.39, 0.29) is 43.5 Å². The van der Waals surface area contributed by atoms with Crippen LogP contribution in [0.4, 0.5) is 0 Å². The fourth-order valence-electron chi connectivity index (χ4n) is 3.98. The molecule has 0 fully saturated rings. The van der Waals surface area contributed by atoms with Crippen molar-refractivity contribution in [3.63, 3.8) is 0 Å². The lowest BCUT2D eigenvalue weighted by Crippen LogP contribution is -2.22. The average molecular weight is 625 g/mol. The molecule has 236 valence electrons. The van der Waals surface area contributed by atoms with E-state index in [1.54, 1.807) is 0 Å². The molecule has 0 heterocycles. The lowest BCUT2D eigenvalue weighted by Gasteiger charge is -2.09. The van der Waals surface area contributed by atoms with Crippen molar-refractivity contribution in [1.82, 2.24) is 0 Å². The van der Waals surface area contributed by atoms with Gasteiger partial charge in [0, 0.05) is 28.7 Å². The van der Waals surface area contributed by atoms with Gasteiger partial charge in [-0.25, -0.2) is 15.0 Å². The molecule has 12 nitrogen and oxygen atoms in total. The largest absolute Gasteiger partial charge is 0.370 e. The molecule has 0 amide bonds. The minimum Gasteiger partial charge on any atom is -0.370 e. The summed E-state index contributed by atoms with van der Waals surface area (Å²) >= 11 is 0. The molecule has 3 aromatic rings. The lowest BCUT2D eigenvalue weighted by molar-refractivity contribution is 1.02. The third kappa shape index (κ3) is 13.0. The Morgan fingerprint density at radius 1 is 0.426 bits per heavy atom. The lowest BCUT2D eigenvalue weighted by atomic mass is 9.95. The van der Waals surface area contributed by atoms with E-state index in [4.69, 9.17) is 45.9 Å². The van der Waals surface area contributed by atoms with E-state index >= 15 is 0 Å². The van der Waals surface area contributed by atoms with Gasteiger partial charge in [-0.3, -0.25) is 4.99 Å². The number of hydrogen-bond donors (Lipinski definition) is 8. The van der Waals surface area contributed by atoms with E-state index in [0.717, 1.165) is 44.5 Å². The van der Waals surface area contributed by atoms with Gasteiger partial charge in [0.15, 0.2) is 23.8 Å². The van der Waals surface area contributed by atoms with Crippen LogP contribution >= 0.6 is 0 Å². The van der Waals surface area contributed by atoms with Gasteiger partial charge in [-0.1, -0.05) is 65.6 Å². The predicted molar refractivity (Wildman–Crippen MR) is 192 cm³/mol. The van der Waals surface area contributed by atoms with Crippen LogP contribution < -0.4 is 45.9 Å². The topological polar surface area (TPSA) is 258 Å². The summed E-state index contributed by atoms with van der Waals surface area (Å²) in [5.74, 6) is 24.5. The van der Waals surface area contributed by atoms with Crippen LogP contribution in [-0.2, 0) is 0 Å². The molecule has 0 bridgehead atoms. The molecule has 16 N–H and O–H groups in total. The third-order valence-electron chi connectivity index (χ3n) is 5.88. The fourth-order valence-corrected chi connectivity index (χ4v) is 3.98. The van der Waals surface area contributed by atoms with Crippen LogP contribution in [-0.4, -0.2) is 50.0 Å². The number of aliphatic imine (C=N–C) groups is 4. The first-order valence-electron chi connectivity index (χ1n) is 14.2. The molecule has 3 aromatic carbocycles. The summed E-state index contributed by atoms with van der Waals surface area (Å²) in [6.07, 6.45) is 0.492. The Balaban J connectivity index is 2.07. The molecule has 3 rings (SSSR count). The van der Waals surface area contributed by atoms with E-state index in [1.807, 2.05) is 54.6 Å². The Kier molecular flexibility index (Phi) is 13.2. The van der Waals surface area contributed by atoms with Crippen LogP contribution in [0.5, 0.6) is 0 Å². The second-order valence-corrected chi connectivity index (χ2v) is 9.67. The van der Waals surface area contributed by atoms with E-state index in [0.29, 0.717) is 13.0 Å². The summed E-state index contributed by atoms with van der Waals surface area (Å²) in [5.41, 5.74) is 50.1. The van der Waals surface area contributed by atoms with Crippen molar-refractivity contribution < 1.29 is 0 Å². The Labute approximate surface area is 274 Å². The Morgan fingerprint density at radius 2 is 0.787 bits per heavy atom. The maximum Gasteiger partial charge on any atom is 0.186 e. The Hall–Kier alpha value is -7.02. The molecular formula is C35H36N12. The molecule has 0 aliphatic carbocycles. The second-order valence-electron chi connectivity index (χ2n) is 9.67. The van der Waals surface area contributed by atoms with Crippen LogP contribution in [0.3, 0.4) is 0 Å². The maximum absolute atomic E-state index is 5.43. The maximum atomic E-state index is 5.43. The van der Waals surface area contributed by atoms with Crippen molar-refractivity contribution in [1.29, 1.82) is 0 Å². The third-order valence-corrected chi connectivity index (χ3v) is 5.88. The van der Waals surface area contributed by atoms with Gasteiger partial charge in [0.25, 0.3) is 0 Å². The average Bonchev–Trinajstić information content (AvgIpc) is 3.03. The molecule has 0 aliphatic heterocycles. The molecule has 0 spiro atoms. The molecule has 0 unspecified atom stereocenters. The SMILES string of the molecule is NC(N)=NCC#Cc1cc(C#CCCN=C(N)N)cc(-c2cccc(-c3cc(C#CCN=C(N)N)cc(C#CCN=C(N)N)c3)c2)c1. The highest BCUT2D eigenvalue weighted by molar-refractivity contribution is 5.78. The summed E-state index contributed by atoms with van der Waals surface area (Å²) in [5, 5.41) is 0. The summed E-state index contributed by atoms with van der Waals surface area (Å²) < 4.78 is 0. The summed E-state index contributed by atoms with van der Waals surface area (Å²) in [6, 6.07) is 19.8. The molecule has 0 saturated heterocycles. The van der Waals surface area contributed by atoms with Crippen molar-refractivity contribution in [2.75, 3.05) is 26.2 Å². The smallest absolute Gasteiger partial charge is 0.186 e. The molecule has 12 heteroatoms. The van der Waals surface area contributed by atoms with Crippen LogP contribution in [0, 0.1) is 47.4 Å². The normalized spacial score (nSPS) is 9.28. The molecular weight excluding hydrogens is 588 g/mol. The van der Waals surface area contributed by atoms with Gasteiger partial charge in [-0.15, -0.1) is 0 Å². The highest BCUT2D eigenvalue weighted by Gasteiger charge is 2.07. The van der Waals surface area contributed by atoms with Gasteiger partial charge in [0.1, 0.15) is 19.6 Å². The molecule has 47 heavy (non-hydrogen) atoms. The highest BCUT2D eigenvalue weighted by Crippen LogP contribution is 2.29. The van der Waals surface area contributed by atoms with Gasteiger partial charge in [0.05, 0.1) is 6.54 Å². The van der Waals surface area contributed by atoms with E-state index in [2.05, 4.69) is 73.4 Å². The van der Waals surface area contributed by atoms with Gasteiger partial charge in [-0.05, 0) is 64.7 Å². The number of rotatable bonds is 7. The Bertz CT molecular complexity index is 1900.